The van der Waals surface area contributed by atoms with Crippen molar-refractivity contribution in [1.29, 1.82) is 0 Å². The molecular weight excluding hydrogens is 244 g/mol. The maximum Gasteiger partial charge on any atom is 0.168 e. The number of carbonyl (C=O) groups is 1. The second-order valence-electron chi connectivity index (χ2n) is 5.34. The van der Waals surface area contributed by atoms with Gasteiger partial charge in [0.15, 0.2) is 17.3 Å². The standard InChI is InChI=1S/C15H18O4/c1-7-5-10-12(9(3)16)13-11(6-8(2)18-13)14(17-4)15(10)19-7/h7-8H,5-6H2,1-4H3. The van der Waals surface area contributed by atoms with Crippen LogP contribution >= 0.6 is 0 Å². The molecule has 0 N–H and O–H groups in total. The molecule has 0 fully saturated rings. The van der Waals surface area contributed by atoms with Crippen LogP contribution in [0, 0.1) is 0 Å². The van der Waals surface area contributed by atoms with Crippen LogP contribution in [-0.2, 0) is 12.8 Å². The van der Waals surface area contributed by atoms with Gasteiger partial charge in [0, 0.05) is 24.0 Å². The summed E-state index contributed by atoms with van der Waals surface area (Å²) in [6, 6.07) is 0. The van der Waals surface area contributed by atoms with Crippen LogP contribution in [0.1, 0.15) is 42.3 Å². The highest BCUT2D eigenvalue weighted by Crippen LogP contribution is 2.51. The van der Waals surface area contributed by atoms with Gasteiger partial charge in [-0.2, -0.15) is 0 Å². The van der Waals surface area contributed by atoms with Gasteiger partial charge in [0.2, 0.25) is 0 Å². The van der Waals surface area contributed by atoms with E-state index in [1.165, 1.54) is 0 Å². The van der Waals surface area contributed by atoms with Gasteiger partial charge in [-0.1, -0.05) is 0 Å². The van der Waals surface area contributed by atoms with Crippen molar-refractivity contribution >= 4 is 5.78 Å². The maximum atomic E-state index is 12.0. The zero-order chi connectivity index (χ0) is 13.7. The number of carbonyl (C=O) groups excluding carboxylic acids is 1. The number of fused-ring (bicyclic) bond motifs is 2. The third-order valence-corrected chi connectivity index (χ3v) is 3.73. The van der Waals surface area contributed by atoms with Crippen molar-refractivity contribution in [3.05, 3.63) is 16.7 Å². The topological polar surface area (TPSA) is 44.8 Å². The molecule has 2 aliphatic rings. The Morgan fingerprint density at radius 2 is 1.68 bits per heavy atom. The summed E-state index contributed by atoms with van der Waals surface area (Å²) >= 11 is 0. The molecule has 0 spiro atoms. The molecule has 19 heavy (non-hydrogen) atoms. The molecule has 1 aromatic carbocycles. The summed E-state index contributed by atoms with van der Waals surface area (Å²) in [5, 5.41) is 0. The van der Waals surface area contributed by atoms with Crippen LogP contribution < -0.4 is 14.2 Å². The number of rotatable bonds is 2. The predicted octanol–water partition coefficient (Wildman–Crippen LogP) is 2.54. The zero-order valence-electron chi connectivity index (χ0n) is 11.7. The minimum absolute atomic E-state index is 0.0296. The summed E-state index contributed by atoms with van der Waals surface area (Å²) in [5.41, 5.74) is 2.58. The maximum absolute atomic E-state index is 12.0. The van der Waals surface area contributed by atoms with E-state index < -0.39 is 0 Å². The van der Waals surface area contributed by atoms with Crippen molar-refractivity contribution < 1.29 is 19.0 Å². The van der Waals surface area contributed by atoms with E-state index in [0.717, 1.165) is 35.5 Å². The van der Waals surface area contributed by atoms with Gasteiger partial charge in [-0.3, -0.25) is 4.79 Å². The van der Waals surface area contributed by atoms with E-state index in [0.29, 0.717) is 11.3 Å². The Morgan fingerprint density at radius 1 is 1.11 bits per heavy atom. The molecule has 0 bridgehead atoms. The van der Waals surface area contributed by atoms with E-state index in [4.69, 9.17) is 14.2 Å². The van der Waals surface area contributed by atoms with Crippen LogP contribution in [0.3, 0.4) is 0 Å². The van der Waals surface area contributed by atoms with Crippen LogP contribution in [0.15, 0.2) is 0 Å². The molecule has 0 saturated carbocycles. The second-order valence-corrected chi connectivity index (χ2v) is 5.34. The Balaban J connectivity index is 2.30. The molecule has 2 aliphatic heterocycles. The molecule has 102 valence electrons. The molecule has 2 atom stereocenters. The number of Topliss-reactive ketones (excluding diaryl/α,β-unsaturated/α-hetero) is 1. The van der Waals surface area contributed by atoms with E-state index >= 15 is 0 Å². The third kappa shape index (κ3) is 1.70. The molecule has 2 heterocycles. The lowest BCUT2D eigenvalue weighted by atomic mass is 9.95. The van der Waals surface area contributed by atoms with E-state index in [1.54, 1.807) is 14.0 Å². The van der Waals surface area contributed by atoms with Crippen molar-refractivity contribution in [2.45, 2.75) is 45.8 Å². The number of hydrogen-bond acceptors (Lipinski definition) is 4. The molecule has 0 amide bonds. The number of hydrogen-bond donors (Lipinski definition) is 0. The molecule has 3 rings (SSSR count). The van der Waals surface area contributed by atoms with Gasteiger partial charge in [-0.15, -0.1) is 0 Å². The summed E-state index contributed by atoms with van der Waals surface area (Å²) in [7, 11) is 1.64. The van der Waals surface area contributed by atoms with Gasteiger partial charge < -0.3 is 14.2 Å². The molecule has 2 unspecified atom stereocenters. The Labute approximate surface area is 112 Å². The predicted molar refractivity (Wildman–Crippen MR) is 70.6 cm³/mol. The Bertz CT molecular complexity index is 523. The van der Waals surface area contributed by atoms with Crippen LogP contribution in [0.25, 0.3) is 0 Å². The van der Waals surface area contributed by atoms with Gasteiger partial charge in [0.25, 0.3) is 0 Å². The van der Waals surface area contributed by atoms with Gasteiger partial charge in [0.1, 0.15) is 18.0 Å². The van der Waals surface area contributed by atoms with Crippen LogP contribution in [0.5, 0.6) is 17.2 Å². The zero-order valence-corrected chi connectivity index (χ0v) is 11.7. The lowest BCUT2D eigenvalue weighted by Gasteiger charge is -2.15. The van der Waals surface area contributed by atoms with E-state index in [9.17, 15) is 4.79 Å². The van der Waals surface area contributed by atoms with E-state index in [2.05, 4.69) is 0 Å². The molecular formula is C15H18O4. The minimum atomic E-state index is 0.0296. The van der Waals surface area contributed by atoms with Gasteiger partial charge >= 0.3 is 0 Å². The molecule has 0 saturated heterocycles. The van der Waals surface area contributed by atoms with Crippen molar-refractivity contribution in [2.24, 2.45) is 0 Å². The molecule has 1 aromatic rings. The number of ether oxygens (including phenoxy) is 3. The summed E-state index contributed by atoms with van der Waals surface area (Å²) in [5.74, 6) is 2.20. The Hall–Kier alpha value is -1.71. The van der Waals surface area contributed by atoms with Crippen LogP contribution in [-0.4, -0.2) is 25.1 Å². The quantitative estimate of drug-likeness (QED) is 0.768. The normalized spacial score (nSPS) is 23.4. The smallest absolute Gasteiger partial charge is 0.168 e. The van der Waals surface area contributed by atoms with Crippen molar-refractivity contribution in [2.75, 3.05) is 7.11 Å². The summed E-state index contributed by atoms with van der Waals surface area (Å²) in [6.07, 6.45) is 1.62. The average Bonchev–Trinajstić information content (AvgIpc) is 2.86. The lowest BCUT2D eigenvalue weighted by Crippen LogP contribution is -2.09. The largest absolute Gasteiger partial charge is 0.492 e. The van der Waals surface area contributed by atoms with Crippen LogP contribution in [0.4, 0.5) is 0 Å². The van der Waals surface area contributed by atoms with Gasteiger partial charge in [-0.25, -0.2) is 0 Å². The fourth-order valence-electron chi connectivity index (χ4n) is 3.06. The first-order valence-corrected chi connectivity index (χ1v) is 6.62. The van der Waals surface area contributed by atoms with E-state index in [1.807, 2.05) is 13.8 Å². The first-order valence-electron chi connectivity index (χ1n) is 6.62. The highest BCUT2D eigenvalue weighted by Gasteiger charge is 2.37. The summed E-state index contributed by atoms with van der Waals surface area (Å²) < 4.78 is 17.2. The fraction of sp³-hybridized carbons (Fsp3) is 0.533. The molecule has 4 nitrogen and oxygen atoms in total. The minimum Gasteiger partial charge on any atom is -0.492 e. The summed E-state index contributed by atoms with van der Waals surface area (Å²) in [6.45, 7) is 5.58. The number of benzene rings is 1. The number of ketones is 1. The fourth-order valence-corrected chi connectivity index (χ4v) is 3.06. The average molecular weight is 262 g/mol. The van der Waals surface area contributed by atoms with Crippen molar-refractivity contribution in [3.8, 4) is 17.2 Å². The number of methoxy groups -OCH3 is 1. The molecule has 0 aromatic heterocycles. The SMILES string of the molecule is COc1c2c(c(C(C)=O)c3c1OC(C)C3)OC(C)C2. The Morgan fingerprint density at radius 3 is 2.26 bits per heavy atom. The first kappa shape index (κ1) is 12.3. The monoisotopic (exact) mass is 262 g/mol. The van der Waals surface area contributed by atoms with Crippen molar-refractivity contribution in [1.82, 2.24) is 0 Å². The second kappa shape index (κ2) is 4.15. The lowest BCUT2D eigenvalue weighted by molar-refractivity contribution is 0.101. The molecule has 0 aliphatic carbocycles. The van der Waals surface area contributed by atoms with Gasteiger partial charge in [0.05, 0.1) is 12.7 Å². The highest BCUT2D eigenvalue weighted by molar-refractivity contribution is 6.00. The van der Waals surface area contributed by atoms with E-state index in [-0.39, 0.29) is 18.0 Å². The molecule has 4 heteroatoms. The Kier molecular flexibility index (Phi) is 2.69. The van der Waals surface area contributed by atoms with Crippen molar-refractivity contribution in [3.63, 3.8) is 0 Å². The molecule has 0 radical (unpaired) electrons. The first-order chi connectivity index (χ1) is 9.02. The highest BCUT2D eigenvalue weighted by atomic mass is 16.5. The van der Waals surface area contributed by atoms with Gasteiger partial charge in [-0.05, 0) is 20.8 Å². The summed E-state index contributed by atoms with van der Waals surface area (Å²) in [4.78, 5) is 12.0. The third-order valence-electron chi connectivity index (χ3n) is 3.73. The van der Waals surface area contributed by atoms with Crippen LogP contribution in [0.2, 0.25) is 0 Å².